The molecular formula is C13H10ClN3O3. The first-order valence-electron chi connectivity index (χ1n) is 5.65. The Balaban J connectivity index is 2.21. The third kappa shape index (κ3) is 3.10. The molecule has 7 heteroatoms. The van der Waals surface area contributed by atoms with Crippen LogP contribution in [0.5, 0.6) is 0 Å². The number of benzene rings is 1. The SMILES string of the molecule is Cc1cc([N+](=O)[O-])ccc1C(=O)Nc1ccc(Cl)cn1. The van der Waals surface area contributed by atoms with Gasteiger partial charge in [0.25, 0.3) is 11.6 Å². The average molecular weight is 292 g/mol. The quantitative estimate of drug-likeness (QED) is 0.695. The van der Waals surface area contributed by atoms with Crippen LogP contribution in [0.2, 0.25) is 5.02 Å². The number of anilines is 1. The molecule has 2 rings (SSSR count). The topological polar surface area (TPSA) is 85.1 Å². The fourth-order valence-electron chi connectivity index (χ4n) is 1.65. The first-order chi connectivity index (χ1) is 9.47. The number of pyridine rings is 1. The summed E-state index contributed by atoms with van der Waals surface area (Å²) in [5.74, 6) is -0.0237. The van der Waals surface area contributed by atoms with Crippen molar-refractivity contribution in [2.45, 2.75) is 6.92 Å². The molecule has 1 aromatic carbocycles. The monoisotopic (exact) mass is 291 g/mol. The molecule has 0 atom stereocenters. The lowest BCUT2D eigenvalue weighted by Gasteiger charge is -2.06. The molecule has 0 fully saturated rings. The number of aryl methyl sites for hydroxylation is 1. The Morgan fingerprint density at radius 3 is 2.65 bits per heavy atom. The van der Waals surface area contributed by atoms with Gasteiger partial charge in [0, 0.05) is 23.9 Å². The first kappa shape index (κ1) is 14.0. The standard InChI is InChI=1S/C13H10ClN3O3/c1-8-6-10(17(19)20)3-4-11(8)13(18)16-12-5-2-9(14)7-15-12/h2-7H,1H3,(H,15,16,18). The maximum Gasteiger partial charge on any atom is 0.269 e. The normalized spacial score (nSPS) is 10.1. The Bertz CT molecular complexity index is 671. The van der Waals surface area contributed by atoms with Crippen LogP contribution in [0.15, 0.2) is 36.5 Å². The Morgan fingerprint density at radius 2 is 2.10 bits per heavy atom. The molecule has 102 valence electrons. The van der Waals surface area contributed by atoms with Crippen LogP contribution in [0.4, 0.5) is 11.5 Å². The summed E-state index contributed by atoms with van der Waals surface area (Å²) in [5, 5.41) is 13.7. The van der Waals surface area contributed by atoms with Gasteiger partial charge in [0.15, 0.2) is 0 Å². The predicted octanol–water partition coefficient (Wildman–Crippen LogP) is 3.20. The highest BCUT2D eigenvalue weighted by atomic mass is 35.5. The second-order valence-corrected chi connectivity index (χ2v) is 4.51. The molecule has 1 aromatic heterocycles. The van der Waals surface area contributed by atoms with E-state index < -0.39 is 4.92 Å². The molecule has 0 unspecified atom stereocenters. The molecule has 6 nitrogen and oxygen atoms in total. The number of carbonyl (C=O) groups is 1. The summed E-state index contributed by atoms with van der Waals surface area (Å²) < 4.78 is 0. The van der Waals surface area contributed by atoms with Crippen molar-refractivity contribution in [2.75, 3.05) is 5.32 Å². The van der Waals surface area contributed by atoms with Crippen molar-refractivity contribution < 1.29 is 9.72 Å². The van der Waals surface area contributed by atoms with Crippen LogP contribution in [0, 0.1) is 17.0 Å². The van der Waals surface area contributed by atoms with Crippen molar-refractivity contribution in [3.63, 3.8) is 0 Å². The number of nitro groups is 1. The Hall–Kier alpha value is -2.47. The summed E-state index contributed by atoms with van der Waals surface area (Å²) >= 11 is 5.70. The molecule has 1 heterocycles. The van der Waals surface area contributed by atoms with E-state index in [9.17, 15) is 14.9 Å². The maximum atomic E-state index is 12.0. The van der Waals surface area contributed by atoms with E-state index >= 15 is 0 Å². The lowest BCUT2D eigenvalue weighted by Crippen LogP contribution is -2.14. The zero-order chi connectivity index (χ0) is 14.7. The number of non-ortho nitro benzene ring substituents is 1. The predicted molar refractivity (Wildman–Crippen MR) is 75.0 cm³/mol. The van der Waals surface area contributed by atoms with Gasteiger partial charge in [0.1, 0.15) is 5.82 Å². The number of nitrogens with zero attached hydrogens (tertiary/aromatic N) is 2. The van der Waals surface area contributed by atoms with Gasteiger partial charge in [-0.15, -0.1) is 0 Å². The van der Waals surface area contributed by atoms with Gasteiger partial charge < -0.3 is 5.32 Å². The van der Waals surface area contributed by atoms with E-state index in [0.29, 0.717) is 22.0 Å². The smallest absolute Gasteiger partial charge is 0.269 e. The van der Waals surface area contributed by atoms with Crippen molar-refractivity contribution in [1.82, 2.24) is 4.98 Å². The number of amides is 1. The van der Waals surface area contributed by atoms with Crippen molar-refractivity contribution in [2.24, 2.45) is 0 Å². The van der Waals surface area contributed by atoms with E-state index in [1.54, 1.807) is 19.1 Å². The number of hydrogen-bond acceptors (Lipinski definition) is 4. The molecule has 20 heavy (non-hydrogen) atoms. The second kappa shape index (κ2) is 5.66. The minimum Gasteiger partial charge on any atom is -0.307 e. The highest BCUT2D eigenvalue weighted by molar-refractivity contribution is 6.30. The van der Waals surface area contributed by atoms with E-state index in [1.807, 2.05) is 0 Å². The molecule has 0 saturated carbocycles. The van der Waals surface area contributed by atoms with Gasteiger partial charge >= 0.3 is 0 Å². The summed E-state index contributed by atoms with van der Waals surface area (Å²) in [6.07, 6.45) is 1.42. The molecule has 0 spiro atoms. The van der Waals surface area contributed by atoms with Crippen LogP contribution in [0.25, 0.3) is 0 Å². The van der Waals surface area contributed by atoms with Gasteiger partial charge in [-0.05, 0) is 30.7 Å². The number of halogens is 1. The summed E-state index contributed by atoms with van der Waals surface area (Å²) in [5.41, 5.74) is 0.821. The number of aromatic nitrogens is 1. The van der Waals surface area contributed by atoms with E-state index in [2.05, 4.69) is 10.3 Å². The summed E-state index contributed by atoms with van der Waals surface area (Å²) in [4.78, 5) is 26.1. The zero-order valence-electron chi connectivity index (χ0n) is 10.5. The van der Waals surface area contributed by atoms with Crippen molar-refractivity contribution in [1.29, 1.82) is 0 Å². The van der Waals surface area contributed by atoms with Gasteiger partial charge in [-0.2, -0.15) is 0 Å². The van der Waals surface area contributed by atoms with Crippen LogP contribution in [-0.4, -0.2) is 15.8 Å². The van der Waals surface area contributed by atoms with E-state index in [-0.39, 0.29) is 11.6 Å². The van der Waals surface area contributed by atoms with E-state index in [1.165, 1.54) is 24.4 Å². The highest BCUT2D eigenvalue weighted by Crippen LogP contribution is 2.18. The van der Waals surface area contributed by atoms with Gasteiger partial charge in [0.2, 0.25) is 0 Å². The zero-order valence-corrected chi connectivity index (χ0v) is 11.2. The van der Waals surface area contributed by atoms with Crippen LogP contribution < -0.4 is 5.32 Å². The minimum atomic E-state index is -0.505. The van der Waals surface area contributed by atoms with Crippen LogP contribution in [-0.2, 0) is 0 Å². The Morgan fingerprint density at radius 1 is 1.35 bits per heavy atom. The highest BCUT2D eigenvalue weighted by Gasteiger charge is 2.13. The molecule has 0 aliphatic rings. The van der Waals surface area contributed by atoms with E-state index in [0.717, 1.165) is 0 Å². The van der Waals surface area contributed by atoms with Gasteiger partial charge in [0.05, 0.1) is 9.95 Å². The lowest BCUT2D eigenvalue weighted by molar-refractivity contribution is -0.384. The molecular weight excluding hydrogens is 282 g/mol. The third-order valence-corrected chi connectivity index (χ3v) is 2.86. The van der Waals surface area contributed by atoms with Gasteiger partial charge in [-0.25, -0.2) is 4.98 Å². The van der Waals surface area contributed by atoms with Crippen LogP contribution in [0.3, 0.4) is 0 Å². The Labute approximate surface area is 119 Å². The molecule has 1 N–H and O–H groups in total. The number of carbonyl (C=O) groups excluding carboxylic acids is 1. The number of nitro benzene ring substituents is 1. The molecule has 0 bridgehead atoms. The largest absolute Gasteiger partial charge is 0.307 e. The maximum absolute atomic E-state index is 12.0. The molecule has 0 aliphatic heterocycles. The van der Waals surface area contributed by atoms with Crippen molar-refractivity contribution >= 4 is 29.0 Å². The van der Waals surface area contributed by atoms with E-state index in [4.69, 9.17) is 11.6 Å². The lowest BCUT2D eigenvalue weighted by atomic mass is 10.1. The molecule has 1 amide bonds. The molecule has 0 aliphatic carbocycles. The fourth-order valence-corrected chi connectivity index (χ4v) is 1.76. The summed E-state index contributed by atoms with van der Waals surface area (Å²) in [6.45, 7) is 1.64. The summed E-state index contributed by atoms with van der Waals surface area (Å²) in [7, 11) is 0. The van der Waals surface area contributed by atoms with Gasteiger partial charge in [-0.3, -0.25) is 14.9 Å². The Kier molecular flexibility index (Phi) is 3.95. The summed E-state index contributed by atoms with van der Waals surface area (Å²) in [6, 6.07) is 7.23. The third-order valence-electron chi connectivity index (χ3n) is 2.63. The van der Waals surface area contributed by atoms with Crippen molar-refractivity contribution in [3.05, 3.63) is 62.8 Å². The van der Waals surface area contributed by atoms with Crippen LogP contribution in [0.1, 0.15) is 15.9 Å². The van der Waals surface area contributed by atoms with Crippen LogP contribution >= 0.6 is 11.6 Å². The van der Waals surface area contributed by atoms with Crippen molar-refractivity contribution in [3.8, 4) is 0 Å². The number of hydrogen-bond donors (Lipinski definition) is 1. The molecule has 0 radical (unpaired) electrons. The minimum absolute atomic E-state index is 0.0522. The molecule has 0 saturated heterocycles. The first-order valence-corrected chi connectivity index (χ1v) is 6.03. The average Bonchev–Trinajstić information content (AvgIpc) is 2.41. The number of nitrogens with one attached hydrogen (secondary N) is 1. The number of rotatable bonds is 3. The second-order valence-electron chi connectivity index (χ2n) is 4.07. The van der Waals surface area contributed by atoms with Gasteiger partial charge in [-0.1, -0.05) is 11.6 Å². The molecule has 2 aromatic rings. The fraction of sp³-hybridized carbons (Fsp3) is 0.0769.